The van der Waals surface area contributed by atoms with Crippen LogP contribution in [-0.2, 0) is 16.1 Å². The van der Waals surface area contributed by atoms with E-state index in [4.69, 9.17) is 9.15 Å². The third-order valence-electron chi connectivity index (χ3n) is 3.55. The van der Waals surface area contributed by atoms with Crippen molar-refractivity contribution in [3.05, 3.63) is 48.4 Å². The van der Waals surface area contributed by atoms with Crippen molar-refractivity contribution in [2.24, 2.45) is 0 Å². The summed E-state index contributed by atoms with van der Waals surface area (Å²) in [4.78, 5) is 21.1. The van der Waals surface area contributed by atoms with Crippen LogP contribution in [0.3, 0.4) is 0 Å². The van der Waals surface area contributed by atoms with Gasteiger partial charge in [0.15, 0.2) is 5.16 Å². The number of thioether (sulfide) groups is 1. The molecule has 1 aromatic carbocycles. The molecule has 136 valence electrons. The minimum atomic E-state index is -0.1000. The van der Waals surface area contributed by atoms with E-state index >= 15 is 0 Å². The largest absolute Gasteiger partial charge is 0.467 e. The monoisotopic (exact) mass is 372 g/mol. The smallest absolute Gasteiger partial charge is 0.230 e. The third kappa shape index (κ3) is 4.96. The summed E-state index contributed by atoms with van der Waals surface area (Å²) >= 11 is 1.30. The van der Waals surface area contributed by atoms with Gasteiger partial charge in [-0.25, -0.2) is 9.97 Å². The maximum Gasteiger partial charge on any atom is 0.230 e. The van der Waals surface area contributed by atoms with Crippen molar-refractivity contribution in [1.82, 2.24) is 15.3 Å². The van der Waals surface area contributed by atoms with Gasteiger partial charge in [-0.2, -0.15) is 0 Å². The van der Waals surface area contributed by atoms with Crippen molar-refractivity contribution < 1.29 is 13.9 Å². The Labute approximate surface area is 155 Å². The summed E-state index contributed by atoms with van der Waals surface area (Å²) in [7, 11) is 1.66. The number of nitrogens with zero attached hydrogens (tertiary/aromatic N) is 2. The molecule has 2 aromatic heterocycles. The van der Waals surface area contributed by atoms with E-state index < -0.39 is 0 Å². The second-order valence-corrected chi connectivity index (χ2v) is 6.38. The van der Waals surface area contributed by atoms with E-state index in [1.165, 1.54) is 11.8 Å². The highest BCUT2D eigenvalue weighted by atomic mass is 32.2. The van der Waals surface area contributed by atoms with E-state index in [0.717, 1.165) is 22.5 Å². The number of para-hydroxylation sites is 1. The molecule has 7 nitrogen and oxygen atoms in total. The van der Waals surface area contributed by atoms with Gasteiger partial charge >= 0.3 is 0 Å². The number of ether oxygens (including phenoxy) is 1. The van der Waals surface area contributed by atoms with Crippen LogP contribution in [0, 0.1) is 0 Å². The molecule has 0 aliphatic carbocycles. The van der Waals surface area contributed by atoms with Crippen LogP contribution in [0.25, 0.3) is 10.9 Å². The highest BCUT2D eigenvalue weighted by Gasteiger charge is 2.10. The normalized spacial score (nSPS) is 10.8. The molecule has 3 rings (SSSR count). The Morgan fingerprint density at radius 2 is 2.12 bits per heavy atom. The van der Waals surface area contributed by atoms with Gasteiger partial charge in [-0.05, 0) is 24.3 Å². The lowest BCUT2D eigenvalue weighted by Gasteiger charge is -2.10. The van der Waals surface area contributed by atoms with Gasteiger partial charge in [0.1, 0.15) is 11.6 Å². The van der Waals surface area contributed by atoms with Crippen LogP contribution in [0.15, 0.2) is 52.2 Å². The molecule has 1 amide bonds. The molecule has 0 saturated carbocycles. The van der Waals surface area contributed by atoms with Gasteiger partial charge in [0.05, 0.1) is 30.7 Å². The lowest BCUT2D eigenvalue weighted by molar-refractivity contribution is -0.118. The third-order valence-corrected chi connectivity index (χ3v) is 4.40. The van der Waals surface area contributed by atoms with Gasteiger partial charge in [0.2, 0.25) is 5.91 Å². The zero-order valence-corrected chi connectivity index (χ0v) is 15.2. The fourth-order valence-corrected chi connectivity index (χ4v) is 2.99. The fraction of sp³-hybridized carbons (Fsp3) is 0.278. The highest BCUT2D eigenvalue weighted by molar-refractivity contribution is 7.99. The lowest BCUT2D eigenvalue weighted by Crippen LogP contribution is -2.24. The summed E-state index contributed by atoms with van der Waals surface area (Å²) in [6.07, 6.45) is 1.58. The molecule has 3 aromatic rings. The van der Waals surface area contributed by atoms with Gasteiger partial charge in [-0.3, -0.25) is 4.79 Å². The summed E-state index contributed by atoms with van der Waals surface area (Å²) in [5.74, 6) is 1.59. The van der Waals surface area contributed by atoms with Crippen molar-refractivity contribution in [3.63, 3.8) is 0 Å². The summed E-state index contributed by atoms with van der Waals surface area (Å²) in [5, 5.41) is 7.56. The molecule has 0 aliphatic heterocycles. The van der Waals surface area contributed by atoms with Gasteiger partial charge in [0, 0.05) is 19.0 Å². The number of rotatable bonds is 9. The van der Waals surface area contributed by atoms with Crippen molar-refractivity contribution in [1.29, 1.82) is 0 Å². The van der Waals surface area contributed by atoms with Gasteiger partial charge in [-0.15, -0.1) is 0 Å². The molecule has 0 atom stereocenters. The summed E-state index contributed by atoms with van der Waals surface area (Å²) in [6.45, 7) is 1.59. The number of amides is 1. The Hall–Kier alpha value is -2.58. The number of aromatic nitrogens is 2. The van der Waals surface area contributed by atoms with Crippen LogP contribution in [-0.4, -0.2) is 41.9 Å². The molecule has 0 bridgehead atoms. The van der Waals surface area contributed by atoms with E-state index in [2.05, 4.69) is 20.6 Å². The van der Waals surface area contributed by atoms with Crippen LogP contribution in [0.4, 0.5) is 5.82 Å². The molecule has 2 N–H and O–H groups in total. The Bertz CT molecular complexity index is 855. The maximum atomic E-state index is 12.0. The zero-order valence-electron chi connectivity index (χ0n) is 14.4. The first-order chi connectivity index (χ1) is 12.8. The Morgan fingerprint density at radius 3 is 2.92 bits per heavy atom. The molecule has 0 fully saturated rings. The number of benzene rings is 1. The van der Waals surface area contributed by atoms with Crippen LogP contribution >= 0.6 is 11.8 Å². The molecular weight excluding hydrogens is 352 g/mol. The van der Waals surface area contributed by atoms with E-state index in [0.29, 0.717) is 24.9 Å². The number of hydrogen-bond acceptors (Lipinski definition) is 7. The quantitative estimate of drug-likeness (QED) is 0.339. The van der Waals surface area contributed by atoms with E-state index in [1.54, 1.807) is 19.4 Å². The molecule has 0 radical (unpaired) electrons. The second kappa shape index (κ2) is 9.21. The van der Waals surface area contributed by atoms with E-state index in [9.17, 15) is 4.79 Å². The second-order valence-electron chi connectivity index (χ2n) is 5.44. The zero-order chi connectivity index (χ0) is 18.2. The standard InChI is InChI=1S/C18H20N4O3S/c1-24-10-8-19-17-14-6-2-3-7-15(14)21-18(22-17)26-12-16(23)20-11-13-5-4-9-25-13/h2-7,9H,8,10-12H2,1H3,(H,20,23)(H,19,21,22). The number of methoxy groups -OCH3 is 1. The minimum absolute atomic E-state index is 0.1000. The van der Waals surface area contributed by atoms with E-state index in [1.807, 2.05) is 30.3 Å². The molecule has 0 spiro atoms. The van der Waals surface area contributed by atoms with Crippen LogP contribution in [0.2, 0.25) is 0 Å². The predicted molar refractivity (Wildman–Crippen MR) is 101 cm³/mol. The highest BCUT2D eigenvalue weighted by Crippen LogP contribution is 2.24. The first-order valence-electron chi connectivity index (χ1n) is 8.18. The molecular formula is C18H20N4O3S. The summed E-state index contributed by atoms with van der Waals surface area (Å²) in [5.41, 5.74) is 0.834. The summed E-state index contributed by atoms with van der Waals surface area (Å²) in [6, 6.07) is 11.4. The average Bonchev–Trinajstić information content (AvgIpc) is 3.18. The predicted octanol–water partition coefficient (Wildman–Crippen LogP) is 2.69. The molecule has 0 aliphatic rings. The minimum Gasteiger partial charge on any atom is -0.467 e. The van der Waals surface area contributed by atoms with Gasteiger partial charge in [0.25, 0.3) is 0 Å². The maximum absolute atomic E-state index is 12.0. The Balaban J connectivity index is 1.64. The van der Waals surface area contributed by atoms with Gasteiger partial charge < -0.3 is 19.8 Å². The average molecular weight is 372 g/mol. The van der Waals surface area contributed by atoms with Crippen molar-refractivity contribution in [3.8, 4) is 0 Å². The number of carbonyl (C=O) groups is 1. The van der Waals surface area contributed by atoms with Crippen molar-refractivity contribution in [2.75, 3.05) is 31.3 Å². The topological polar surface area (TPSA) is 89.3 Å². The summed E-state index contributed by atoms with van der Waals surface area (Å²) < 4.78 is 10.3. The number of carbonyl (C=O) groups excluding carboxylic acids is 1. The molecule has 2 heterocycles. The van der Waals surface area contributed by atoms with Crippen molar-refractivity contribution >= 4 is 34.4 Å². The lowest BCUT2D eigenvalue weighted by atomic mass is 10.2. The number of hydrogen-bond donors (Lipinski definition) is 2. The molecule has 8 heteroatoms. The first-order valence-corrected chi connectivity index (χ1v) is 9.16. The number of anilines is 1. The number of furan rings is 1. The van der Waals surface area contributed by atoms with Crippen LogP contribution < -0.4 is 10.6 Å². The Morgan fingerprint density at radius 1 is 1.23 bits per heavy atom. The van der Waals surface area contributed by atoms with Crippen LogP contribution in [0.5, 0.6) is 0 Å². The molecule has 0 unspecified atom stereocenters. The van der Waals surface area contributed by atoms with E-state index in [-0.39, 0.29) is 11.7 Å². The fourth-order valence-electron chi connectivity index (χ4n) is 2.31. The molecule has 26 heavy (non-hydrogen) atoms. The first kappa shape index (κ1) is 18.2. The molecule has 0 saturated heterocycles. The SMILES string of the molecule is COCCNc1nc(SCC(=O)NCc2ccco2)nc2ccccc12. The van der Waals surface area contributed by atoms with Gasteiger partial charge in [-0.1, -0.05) is 23.9 Å². The Kier molecular flexibility index (Phi) is 6.45. The number of fused-ring (bicyclic) bond motifs is 1. The van der Waals surface area contributed by atoms with Crippen LogP contribution in [0.1, 0.15) is 5.76 Å². The van der Waals surface area contributed by atoms with Crippen molar-refractivity contribution in [2.45, 2.75) is 11.7 Å². The number of nitrogens with one attached hydrogen (secondary N) is 2.